The summed E-state index contributed by atoms with van der Waals surface area (Å²) in [5, 5.41) is 11.2. The molecule has 7 heteroatoms. The lowest BCUT2D eigenvalue weighted by Gasteiger charge is -2.14. The van der Waals surface area contributed by atoms with Gasteiger partial charge in [0.05, 0.1) is 11.7 Å². The number of aromatic nitrogens is 4. The van der Waals surface area contributed by atoms with Crippen LogP contribution in [0.5, 0.6) is 0 Å². The van der Waals surface area contributed by atoms with Crippen molar-refractivity contribution in [2.75, 3.05) is 0 Å². The maximum atomic E-state index is 13.3. The molecule has 0 unspecified atom stereocenters. The standard InChI is InChI=1S/C22H18FN5O/c1-15(16-5-3-2-4-6-16)25-22(29)20-21(17-11-13-24-14-12-17)28(27-26-20)19-9-7-18(23)8-10-19/h2-15H,1H3,(H,25,29)/t15-/m0/s1. The van der Waals surface area contributed by atoms with Crippen molar-refractivity contribution in [2.45, 2.75) is 13.0 Å². The number of carbonyl (C=O) groups is 1. The Bertz CT molecular complexity index is 1110. The van der Waals surface area contributed by atoms with Crippen molar-refractivity contribution >= 4 is 5.91 Å². The molecule has 0 radical (unpaired) electrons. The molecule has 0 aliphatic heterocycles. The van der Waals surface area contributed by atoms with Crippen LogP contribution in [-0.4, -0.2) is 25.9 Å². The summed E-state index contributed by atoms with van der Waals surface area (Å²) in [4.78, 5) is 17.1. The number of pyridine rings is 1. The Morgan fingerprint density at radius 2 is 1.69 bits per heavy atom. The third-order valence-electron chi connectivity index (χ3n) is 4.56. The fourth-order valence-corrected chi connectivity index (χ4v) is 3.06. The molecule has 144 valence electrons. The molecule has 0 bridgehead atoms. The van der Waals surface area contributed by atoms with Gasteiger partial charge in [-0.3, -0.25) is 9.78 Å². The molecule has 2 aromatic heterocycles. The van der Waals surface area contributed by atoms with Gasteiger partial charge in [-0.2, -0.15) is 0 Å². The highest BCUT2D eigenvalue weighted by atomic mass is 19.1. The van der Waals surface area contributed by atoms with Crippen molar-refractivity contribution in [2.24, 2.45) is 0 Å². The molecule has 6 nitrogen and oxygen atoms in total. The van der Waals surface area contributed by atoms with E-state index < -0.39 is 0 Å². The monoisotopic (exact) mass is 387 g/mol. The molecule has 1 N–H and O–H groups in total. The van der Waals surface area contributed by atoms with E-state index in [4.69, 9.17) is 0 Å². The van der Waals surface area contributed by atoms with Gasteiger partial charge in [0, 0.05) is 18.0 Å². The van der Waals surface area contributed by atoms with Crippen LogP contribution in [0.4, 0.5) is 4.39 Å². The van der Waals surface area contributed by atoms with Gasteiger partial charge in [0.25, 0.3) is 5.91 Å². The van der Waals surface area contributed by atoms with Gasteiger partial charge in [0.1, 0.15) is 11.5 Å². The Morgan fingerprint density at radius 3 is 2.38 bits per heavy atom. The molecule has 0 aliphatic rings. The zero-order chi connectivity index (χ0) is 20.2. The van der Waals surface area contributed by atoms with E-state index >= 15 is 0 Å². The van der Waals surface area contributed by atoms with Crippen molar-refractivity contribution in [1.82, 2.24) is 25.3 Å². The van der Waals surface area contributed by atoms with Gasteiger partial charge in [-0.15, -0.1) is 5.10 Å². The van der Waals surface area contributed by atoms with Gasteiger partial charge >= 0.3 is 0 Å². The van der Waals surface area contributed by atoms with Crippen molar-refractivity contribution in [1.29, 1.82) is 0 Å². The van der Waals surface area contributed by atoms with E-state index in [1.54, 1.807) is 36.7 Å². The predicted octanol–water partition coefficient (Wildman–Crippen LogP) is 3.96. The number of nitrogens with zero attached hydrogens (tertiary/aromatic N) is 4. The lowest BCUT2D eigenvalue weighted by molar-refractivity contribution is 0.0935. The maximum Gasteiger partial charge on any atom is 0.274 e. The second-order valence-electron chi connectivity index (χ2n) is 6.52. The summed E-state index contributed by atoms with van der Waals surface area (Å²) in [6.45, 7) is 1.91. The summed E-state index contributed by atoms with van der Waals surface area (Å²) in [5.74, 6) is -0.699. The second kappa shape index (κ2) is 8.02. The molecule has 0 fully saturated rings. The van der Waals surface area contributed by atoms with E-state index in [0.717, 1.165) is 11.1 Å². The van der Waals surface area contributed by atoms with E-state index in [0.29, 0.717) is 11.4 Å². The minimum absolute atomic E-state index is 0.184. The summed E-state index contributed by atoms with van der Waals surface area (Å²) in [6, 6.07) is 18.9. The maximum absolute atomic E-state index is 13.3. The zero-order valence-corrected chi connectivity index (χ0v) is 15.7. The van der Waals surface area contributed by atoms with Crippen LogP contribution in [0.2, 0.25) is 0 Å². The molecule has 29 heavy (non-hydrogen) atoms. The molecule has 2 aromatic carbocycles. The fourth-order valence-electron chi connectivity index (χ4n) is 3.06. The normalized spacial score (nSPS) is 11.8. The molecule has 0 aliphatic carbocycles. The average molecular weight is 387 g/mol. The van der Waals surface area contributed by atoms with Gasteiger partial charge < -0.3 is 5.32 Å². The number of nitrogens with one attached hydrogen (secondary N) is 1. The lowest BCUT2D eigenvalue weighted by atomic mass is 10.1. The Kier molecular flexibility index (Phi) is 5.11. The number of hydrogen-bond donors (Lipinski definition) is 1. The molecular formula is C22H18FN5O. The topological polar surface area (TPSA) is 72.7 Å². The number of benzene rings is 2. The van der Waals surface area contributed by atoms with E-state index in [1.807, 2.05) is 37.3 Å². The van der Waals surface area contributed by atoms with Gasteiger partial charge in [0.15, 0.2) is 5.69 Å². The van der Waals surface area contributed by atoms with Crippen molar-refractivity contribution < 1.29 is 9.18 Å². The summed E-state index contributed by atoms with van der Waals surface area (Å²) in [6.07, 6.45) is 3.26. The van der Waals surface area contributed by atoms with Gasteiger partial charge in [-0.05, 0) is 48.9 Å². The highest BCUT2D eigenvalue weighted by Crippen LogP contribution is 2.25. The highest BCUT2D eigenvalue weighted by molar-refractivity contribution is 5.98. The van der Waals surface area contributed by atoms with Crippen molar-refractivity contribution in [3.63, 3.8) is 0 Å². The smallest absolute Gasteiger partial charge is 0.274 e. The number of carbonyl (C=O) groups excluding carboxylic acids is 1. The highest BCUT2D eigenvalue weighted by Gasteiger charge is 2.23. The first-order chi connectivity index (χ1) is 14.1. The SMILES string of the molecule is C[C@H](NC(=O)c1nnn(-c2ccc(F)cc2)c1-c1ccncc1)c1ccccc1. The molecule has 1 amide bonds. The van der Waals surface area contributed by atoms with Crippen LogP contribution < -0.4 is 5.32 Å². The first kappa shape index (κ1) is 18.5. The molecular weight excluding hydrogens is 369 g/mol. The fraction of sp³-hybridized carbons (Fsp3) is 0.0909. The average Bonchev–Trinajstić information content (AvgIpc) is 3.21. The summed E-state index contributed by atoms with van der Waals surface area (Å²) < 4.78 is 14.9. The first-order valence-electron chi connectivity index (χ1n) is 9.11. The predicted molar refractivity (Wildman–Crippen MR) is 107 cm³/mol. The largest absolute Gasteiger partial charge is 0.344 e. The number of amides is 1. The van der Waals surface area contributed by atoms with E-state index in [-0.39, 0.29) is 23.5 Å². The van der Waals surface area contributed by atoms with E-state index in [2.05, 4.69) is 20.6 Å². The quantitative estimate of drug-likeness (QED) is 0.563. The molecule has 1 atom stereocenters. The zero-order valence-electron chi connectivity index (χ0n) is 15.7. The van der Waals surface area contributed by atoms with Gasteiger partial charge in [-0.1, -0.05) is 35.5 Å². The Labute approximate surface area is 167 Å². The number of halogens is 1. The van der Waals surface area contributed by atoms with E-state index in [1.165, 1.54) is 16.8 Å². The number of rotatable bonds is 5. The third kappa shape index (κ3) is 3.89. The van der Waals surface area contributed by atoms with Crippen LogP contribution >= 0.6 is 0 Å². The molecule has 0 saturated heterocycles. The van der Waals surface area contributed by atoms with E-state index in [9.17, 15) is 9.18 Å². The third-order valence-corrected chi connectivity index (χ3v) is 4.56. The lowest BCUT2D eigenvalue weighted by Crippen LogP contribution is -2.27. The van der Waals surface area contributed by atoms with Crippen LogP contribution in [0.3, 0.4) is 0 Å². The Morgan fingerprint density at radius 1 is 1.00 bits per heavy atom. The minimum atomic E-state index is -0.353. The summed E-state index contributed by atoms with van der Waals surface area (Å²) in [7, 11) is 0. The first-order valence-corrected chi connectivity index (χ1v) is 9.11. The molecule has 4 aromatic rings. The van der Waals surface area contributed by atoms with Gasteiger partial charge in [0.2, 0.25) is 0 Å². The van der Waals surface area contributed by atoms with Crippen molar-refractivity contribution in [3.05, 3.63) is 96.2 Å². The van der Waals surface area contributed by atoms with Crippen LogP contribution in [0.1, 0.15) is 29.0 Å². The van der Waals surface area contributed by atoms with Crippen LogP contribution in [0.15, 0.2) is 79.1 Å². The molecule has 0 saturated carbocycles. The molecule has 4 rings (SSSR count). The number of hydrogen-bond acceptors (Lipinski definition) is 4. The summed E-state index contributed by atoms with van der Waals surface area (Å²) >= 11 is 0. The van der Waals surface area contributed by atoms with Crippen LogP contribution in [0, 0.1) is 5.82 Å². The molecule has 0 spiro atoms. The van der Waals surface area contributed by atoms with Crippen LogP contribution in [-0.2, 0) is 0 Å². The Hall–Kier alpha value is -3.87. The van der Waals surface area contributed by atoms with Crippen molar-refractivity contribution in [3.8, 4) is 16.9 Å². The van der Waals surface area contributed by atoms with Crippen LogP contribution in [0.25, 0.3) is 16.9 Å². The second-order valence-corrected chi connectivity index (χ2v) is 6.52. The minimum Gasteiger partial charge on any atom is -0.344 e. The Balaban J connectivity index is 1.73. The van der Waals surface area contributed by atoms with Gasteiger partial charge in [-0.25, -0.2) is 9.07 Å². The molecule has 2 heterocycles. The summed E-state index contributed by atoms with van der Waals surface area (Å²) in [5.41, 5.74) is 3.00.